The molecule has 0 radical (unpaired) electrons. The summed E-state index contributed by atoms with van der Waals surface area (Å²) in [4.78, 5) is 12.0. The average molecular weight is 266 g/mol. The molecule has 2 heterocycles. The first-order valence-corrected chi connectivity index (χ1v) is 6.79. The summed E-state index contributed by atoms with van der Waals surface area (Å²) >= 11 is 0. The molecule has 0 aliphatic carbocycles. The fourth-order valence-electron chi connectivity index (χ4n) is 2.54. The van der Waals surface area contributed by atoms with Gasteiger partial charge in [0.1, 0.15) is 12.0 Å². The quantitative estimate of drug-likeness (QED) is 0.847. The molecule has 5 nitrogen and oxygen atoms in total. The van der Waals surface area contributed by atoms with Crippen LogP contribution in [0.15, 0.2) is 16.7 Å². The van der Waals surface area contributed by atoms with E-state index in [0.29, 0.717) is 36.2 Å². The summed E-state index contributed by atoms with van der Waals surface area (Å²) in [5.41, 5.74) is 5.97. The minimum atomic E-state index is -0.113. The average Bonchev–Trinajstić information content (AvgIpc) is 3.04. The van der Waals surface area contributed by atoms with Crippen molar-refractivity contribution in [3.05, 3.63) is 23.7 Å². The van der Waals surface area contributed by atoms with Gasteiger partial charge in [0.05, 0.1) is 18.2 Å². The van der Waals surface area contributed by atoms with Crippen LogP contribution in [0.2, 0.25) is 0 Å². The number of hydrogen-bond acceptors (Lipinski definition) is 4. The van der Waals surface area contributed by atoms with E-state index in [4.69, 9.17) is 14.9 Å². The number of ether oxygens (including phenoxy) is 1. The van der Waals surface area contributed by atoms with Gasteiger partial charge in [-0.15, -0.1) is 0 Å². The molecule has 1 saturated heterocycles. The first-order chi connectivity index (χ1) is 9.11. The Hall–Kier alpha value is -1.33. The molecule has 5 heteroatoms. The summed E-state index contributed by atoms with van der Waals surface area (Å²) in [7, 11) is 0. The number of nitrogens with two attached hydrogens (primary N) is 1. The van der Waals surface area contributed by atoms with Crippen LogP contribution in [0.5, 0.6) is 0 Å². The molecule has 19 heavy (non-hydrogen) atoms. The van der Waals surface area contributed by atoms with Crippen LogP contribution in [-0.2, 0) is 11.3 Å². The van der Waals surface area contributed by atoms with Crippen molar-refractivity contribution in [2.24, 2.45) is 17.6 Å². The molecular formula is C14H22N2O3. The van der Waals surface area contributed by atoms with Gasteiger partial charge in [-0.1, -0.05) is 13.8 Å². The first kappa shape index (κ1) is 14.1. The summed E-state index contributed by atoms with van der Waals surface area (Å²) in [6.07, 6.45) is 2.69. The molecule has 0 spiro atoms. The van der Waals surface area contributed by atoms with Crippen molar-refractivity contribution >= 4 is 5.91 Å². The molecule has 1 amide bonds. The maximum absolute atomic E-state index is 12.0. The van der Waals surface area contributed by atoms with Crippen molar-refractivity contribution in [3.8, 4) is 0 Å². The van der Waals surface area contributed by atoms with Crippen molar-refractivity contribution in [2.75, 3.05) is 13.2 Å². The van der Waals surface area contributed by atoms with Gasteiger partial charge >= 0.3 is 0 Å². The minimum Gasteiger partial charge on any atom is -0.467 e. The predicted octanol–water partition coefficient (Wildman–Crippen LogP) is 1.53. The van der Waals surface area contributed by atoms with Gasteiger partial charge in [0.2, 0.25) is 0 Å². The lowest BCUT2D eigenvalue weighted by molar-refractivity contribution is 0.0533. The lowest BCUT2D eigenvalue weighted by Gasteiger charge is -2.22. The normalized spacial score (nSPS) is 22.9. The Bertz CT molecular complexity index is 428. The van der Waals surface area contributed by atoms with E-state index < -0.39 is 0 Å². The van der Waals surface area contributed by atoms with E-state index in [1.165, 1.54) is 6.26 Å². The molecule has 1 fully saturated rings. The number of carbonyl (C=O) groups is 1. The number of nitrogens with one attached hydrogen (secondary N) is 1. The van der Waals surface area contributed by atoms with E-state index in [0.717, 1.165) is 13.0 Å². The number of amides is 1. The molecule has 0 saturated carbocycles. The van der Waals surface area contributed by atoms with Crippen LogP contribution < -0.4 is 11.1 Å². The summed E-state index contributed by atoms with van der Waals surface area (Å²) in [6, 6.07) is 1.68. The number of furan rings is 1. The highest BCUT2D eigenvalue weighted by Crippen LogP contribution is 2.26. The second-order valence-electron chi connectivity index (χ2n) is 5.34. The van der Waals surface area contributed by atoms with Gasteiger partial charge < -0.3 is 20.2 Å². The smallest absolute Gasteiger partial charge is 0.254 e. The third-order valence-electron chi connectivity index (χ3n) is 3.56. The number of hydrogen-bond donors (Lipinski definition) is 2. The zero-order valence-corrected chi connectivity index (χ0v) is 11.5. The van der Waals surface area contributed by atoms with Gasteiger partial charge in [-0.2, -0.15) is 0 Å². The summed E-state index contributed by atoms with van der Waals surface area (Å²) in [5, 5.41) is 2.94. The van der Waals surface area contributed by atoms with Crippen LogP contribution in [0, 0.1) is 11.8 Å². The van der Waals surface area contributed by atoms with E-state index in [-0.39, 0.29) is 12.0 Å². The predicted molar refractivity (Wildman–Crippen MR) is 71.6 cm³/mol. The van der Waals surface area contributed by atoms with E-state index in [2.05, 4.69) is 19.2 Å². The molecule has 1 aromatic heterocycles. The lowest BCUT2D eigenvalue weighted by Crippen LogP contribution is -2.34. The van der Waals surface area contributed by atoms with E-state index >= 15 is 0 Å². The summed E-state index contributed by atoms with van der Waals surface area (Å²) in [5.74, 6) is 1.37. The Kier molecular flexibility index (Phi) is 4.61. The van der Waals surface area contributed by atoms with Crippen molar-refractivity contribution in [1.82, 2.24) is 5.32 Å². The zero-order chi connectivity index (χ0) is 13.8. The van der Waals surface area contributed by atoms with Crippen LogP contribution in [0.1, 0.15) is 36.4 Å². The summed E-state index contributed by atoms with van der Waals surface area (Å²) < 4.78 is 10.9. The second kappa shape index (κ2) is 6.21. The molecule has 2 rings (SSSR count). The molecule has 2 atom stereocenters. The summed E-state index contributed by atoms with van der Waals surface area (Å²) in [6.45, 7) is 6.03. The van der Waals surface area contributed by atoms with Crippen molar-refractivity contribution < 1.29 is 13.9 Å². The highest BCUT2D eigenvalue weighted by molar-refractivity contribution is 5.93. The van der Waals surface area contributed by atoms with Gasteiger partial charge in [-0.25, -0.2) is 0 Å². The largest absolute Gasteiger partial charge is 0.467 e. The molecule has 106 valence electrons. The second-order valence-corrected chi connectivity index (χ2v) is 5.34. The van der Waals surface area contributed by atoms with Gasteiger partial charge in [0, 0.05) is 19.1 Å². The lowest BCUT2D eigenvalue weighted by atomic mass is 9.93. The standard InChI is InChI=1S/C14H22N2O3/c1-9(2)13-10(3-4-18-13)7-16-14(17)11-5-12(6-15)19-8-11/h5,8-10,13H,3-4,6-7,15H2,1-2H3,(H,16,17). The number of rotatable bonds is 5. The fourth-order valence-corrected chi connectivity index (χ4v) is 2.54. The topological polar surface area (TPSA) is 77.5 Å². The van der Waals surface area contributed by atoms with Crippen molar-refractivity contribution in [2.45, 2.75) is 32.9 Å². The maximum atomic E-state index is 12.0. The molecular weight excluding hydrogens is 244 g/mol. The first-order valence-electron chi connectivity index (χ1n) is 6.79. The van der Waals surface area contributed by atoms with Crippen LogP contribution in [0.4, 0.5) is 0 Å². The number of carbonyl (C=O) groups excluding carboxylic acids is 1. The van der Waals surface area contributed by atoms with Crippen LogP contribution in [0.3, 0.4) is 0 Å². The van der Waals surface area contributed by atoms with Crippen LogP contribution in [0.25, 0.3) is 0 Å². The van der Waals surface area contributed by atoms with Gasteiger partial charge in [0.25, 0.3) is 5.91 Å². The molecule has 1 aliphatic heterocycles. The van der Waals surface area contributed by atoms with Crippen molar-refractivity contribution in [1.29, 1.82) is 0 Å². The third-order valence-corrected chi connectivity index (χ3v) is 3.56. The van der Waals surface area contributed by atoms with Gasteiger partial charge in [-0.3, -0.25) is 4.79 Å². The van der Waals surface area contributed by atoms with Crippen LogP contribution >= 0.6 is 0 Å². The Morgan fingerprint density at radius 1 is 1.58 bits per heavy atom. The Labute approximate surface area is 113 Å². The Morgan fingerprint density at radius 2 is 2.37 bits per heavy atom. The minimum absolute atomic E-state index is 0.113. The third kappa shape index (κ3) is 3.36. The zero-order valence-electron chi connectivity index (χ0n) is 11.5. The van der Waals surface area contributed by atoms with E-state index in [1.54, 1.807) is 6.07 Å². The van der Waals surface area contributed by atoms with E-state index in [1.807, 2.05) is 0 Å². The molecule has 0 bridgehead atoms. The highest BCUT2D eigenvalue weighted by Gasteiger charge is 2.30. The molecule has 0 aromatic carbocycles. The Morgan fingerprint density at radius 3 is 3.00 bits per heavy atom. The molecule has 3 N–H and O–H groups in total. The van der Waals surface area contributed by atoms with Gasteiger partial charge in [-0.05, 0) is 18.4 Å². The monoisotopic (exact) mass is 266 g/mol. The Balaban J connectivity index is 1.86. The maximum Gasteiger partial charge on any atom is 0.254 e. The van der Waals surface area contributed by atoms with Crippen LogP contribution in [-0.4, -0.2) is 25.2 Å². The fraction of sp³-hybridized carbons (Fsp3) is 0.643. The SMILES string of the molecule is CC(C)C1OCCC1CNC(=O)c1coc(CN)c1. The van der Waals surface area contributed by atoms with E-state index in [9.17, 15) is 4.79 Å². The van der Waals surface area contributed by atoms with Crippen molar-refractivity contribution in [3.63, 3.8) is 0 Å². The highest BCUT2D eigenvalue weighted by atomic mass is 16.5. The molecule has 1 aliphatic rings. The molecule has 2 unspecified atom stereocenters. The van der Waals surface area contributed by atoms with Gasteiger partial charge in [0.15, 0.2) is 0 Å². The molecule has 1 aromatic rings.